The molecule has 0 unspecified atom stereocenters. The lowest BCUT2D eigenvalue weighted by atomic mass is 10.1. The summed E-state index contributed by atoms with van der Waals surface area (Å²) >= 11 is 6.36. The first kappa shape index (κ1) is 20.7. The summed E-state index contributed by atoms with van der Waals surface area (Å²) in [6.07, 6.45) is 0. The number of methoxy groups -OCH3 is 2. The average molecular weight is 440 g/mol. The largest absolute Gasteiger partial charge is 0.497 e. The summed E-state index contributed by atoms with van der Waals surface area (Å²) in [5.74, 6) is 1.38. The molecule has 1 aromatic heterocycles. The zero-order valence-electron chi connectivity index (χ0n) is 16.8. The molecule has 1 heterocycles. The maximum Gasteiger partial charge on any atom is 0.247 e. The molecule has 1 N–H and O–H groups in total. The minimum Gasteiger partial charge on any atom is -0.497 e. The second kappa shape index (κ2) is 9.06. The third-order valence-corrected chi connectivity index (χ3v) is 5.02. The minimum absolute atomic E-state index is 0.226. The van der Waals surface area contributed by atoms with Crippen LogP contribution >= 0.6 is 11.6 Å². The van der Waals surface area contributed by atoms with Gasteiger partial charge in [-0.25, -0.2) is 4.39 Å². The lowest BCUT2D eigenvalue weighted by Gasteiger charge is -2.20. The van der Waals surface area contributed by atoms with E-state index in [1.165, 1.54) is 12.1 Å². The first-order chi connectivity index (χ1) is 15.1. The first-order valence-electron chi connectivity index (χ1n) is 9.41. The van der Waals surface area contributed by atoms with Gasteiger partial charge in [-0.3, -0.25) is 0 Å². The van der Waals surface area contributed by atoms with Crippen LogP contribution in [0.15, 0.2) is 71.1 Å². The fraction of sp³-hybridized carbons (Fsp3) is 0.130. The molecule has 0 saturated carbocycles. The average Bonchev–Trinajstić information content (AvgIpc) is 3.28. The minimum atomic E-state index is -0.652. The molecule has 0 radical (unpaired) electrons. The molecular weight excluding hydrogens is 421 g/mol. The van der Waals surface area contributed by atoms with E-state index < -0.39 is 11.9 Å². The molecule has 3 aromatic carbocycles. The van der Waals surface area contributed by atoms with Crippen LogP contribution in [-0.4, -0.2) is 24.4 Å². The van der Waals surface area contributed by atoms with E-state index in [1.54, 1.807) is 38.5 Å². The molecule has 0 saturated heterocycles. The Hall–Kier alpha value is -3.58. The van der Waals surface area contributed by atoms with Gasteiger partial charge in [0, 0.05) is 22.2 Å². The quantitative estimate of drug-likeness (QED) is 0.395. The molecule has 4 aromatic rings. The predicted molar refractivity (Wildman–Crippen MR) is 116 cm³/mol. The van der Waals surface area contributed by atoms with E-state index in [0.29, 0.717) is 28.6 Å². The molecule has 4 rings (SSSR count). The van der Waals surface area contributed by atoms with Crippen LogP contribution in [0, 0.1) is 5.82 Å². The number of aromatic nitrogens is 2. The van der Waals surface area contributed by atoms with E-state index in [2.05, 4.69) is 15.5 Å². The van der Waals surface area contributed by atoms with Gasteiger partial charge in [0.05, 0.1) is 19.9 Å². The number of benzene rings is 3. The van der Waals surface area contributed by atoms with Gasteiger partial charge in [0.2, 0.25) is 11.8 Å². The second-order valence-electron chi connectivity index (χ2n) is 6.62. The fourth-order valence-electron chi connectivity index (χ4n) is 3.13. The van der Waals surface area contributed by atoms with Gasteiger partial charge in [-0.2, -0.15) is 0 Å². The van der Waals surface area contributed by atoms with Crippen molar-refractivity contribution in [2.75, 3.05) is 19.5 Å². The van der Waals surface area contributed by atoms with Crippen LogP contribution in [0.4, 0.5) is 10.1 Å². The van der Waals surface area contributed by atoms with Gasteiger partial charge < -0.3 is 19.2 Å². The second-order valence-corrected chi connectivity index (χ2v) is 7.03. The summed E-state index contributed by atoms with van der Waals surface area (Å²) in [7, 11) is 3.13. The number of nitrogens with one attached hydrogen (secondary N) is 1. The summed E-state index contributed by atoms with van der Waals surface area (Å²) in [5, 5.41) is 11.9. The number of hydrogen-bond acceptors (Lipinski definition) is 6. The van der Waals surface area contributed by atoms with Crippen LogP contribution in [0.5, 0.6) is 11.5 Å². The van der Waals surface area contributed by atoms with Crippen molar-refractivity contribution in [1.29, 1.82) is 0 Å². The van der Waals surface area contributed by atoms with Gasteiger partial charge in [0.15, 0.2) is 0 Å². The van der Waals surface area contributed by atoms with E-state index in [9.17, 15) is 4.39 Å². The van der Waals surface area contributed by atoms with Crippen molar-refractivity contribution < 1.29 is 18.3 Å². The predicted octanol–water partition coefficient (Wildman–Crippen LogP) is 5.75. The summed E-state index contributed by atoms with van der Waals surface area (Å²) in [6.45, 7) is 0. The normalized spacial score (nSPS) is 11.7. The van der Waals surface area contributed by atoms with Crippen LogP contribution in [-0.2, 0) is 0 Å². The van der Waals surface area contributed by atoms with Crippen LogP contribution in [0.25, 0.3) is 11.5 Å². The van der Waals surface area contributed by atoms with Gasteiger partial charge in [-0.05, 0) is 36.4 Å². The number of hydrogen-bond donors (Lipinski definition) is 1. The number of nitrogens with zero attached hydrogens (tertiary/aromatic N) is 2. The van der Waals surface area contributed by atoms with Crippen LogP contribution in [0.1, 0.15) is 17.5 Å². The molecule has 0 aliphatic heterocycles. The van der Waals surface area contributed by atoms with E-state index in [1.807, 2.05) is 30.3 Å². The molecule has 31 heavy (non-hydrogen) atoms. The van der Waals surface area contributed by atoms with Crippen LogP contribution in [0.2, 0.25) is 5.02 Å². The van der Waals surface area contributed by atoms with Crippen molar-refractivity contribution >= 4 is 17.3 Å². The Morgan fingerprint density at radius 3 is 2.48 bits per heavy atom. The highest BCUT2D eigenvalue weighted by atomic mass is 35.5. The molecule has 0 spiro atoms. The smallest absolute Gasteiger partial charge is 0.247 e. The number of anilines is 1. The molecule has 0 aliphatic rings. The highest BCUT2D eigenvalue weighted by molar-refractivity contribution is 6.31. The van der Waals surface area contributed by atoms with Gasteiger partial charge >= 0.3 is 0 Å². The Morgan fingerprint density at radius 1 is 0.968 bits per heavy atom. The molecule has 8 heteroatoms. The SMILES string of the molecule is COc1ccc(N[C@H](c2nnc(-c3ccccc3)o2)c2ccc(F)cc2Cl)c(OC)c1. The van der Waals surface area contributed by atoms with E-state index >= 15 is 0 Å². The highest BCUT2D eigenvalue weighted by Gasteiger charge is 2.25. The lowest BCUT2D eigenvalue weighted by Crippen LogP contribution is -2.14. The van der Waals surface area contributed by atoms with Crippen LogP contribution in [0.3, 0.4) is 0 Å². The van der Waals surface area contributed by atoms with Gasteiger partial charge in [-0.1, -0.05) is 35.9 Å². The first-order valence-corrected chi connectivity index (χ1v) is 9.79. The topological polar surface area (TPSA) is 69.4 Å². The maximum absolute atomic E-state index is 13.7. The zero-order chi connectivity index (χ0) is 21.8. The maximum atomic E-state index is 13.7. The van der Waals surface area contributed by atoms with Gasteiger partial charge in [-0.15, -0.1) is 10.2 Å². The molecule has 6 nitrogen and oxygen atoms in total. The molecule has 0 fully saturated rings. The van der Waals surface area contributed by atoms with Crippen molar-refractivity contribution in [2.24, 2.45) is 0 Å². The molecular formula is C23H19ClFN3O3. The number of rotatable bonds is 7. The van der Waals surface area contributed by atoms with Crippen molar-refractivity contribution in [3.8, 4) is 23.0 Å². The Labute approximate surface area is 183 Å². The van der Waals surface area contributed by atoms with E-state index in [4.69, 9.17) is 25.5 Å². The number of halogens is 2. The third kappa shape index (κ3) is 4.46. The van der Waals surface area contributed by atoms with E-state index in [0.717, 1.165) is 5.56 Å². The van der Waals surface area contributed by atoms with Crippen molar-refractivity contribution in [2.45, 2.75) is 6.04 Å². The lowest BCUT2D eigenvalue weighted by molar-refractivity contribution is 0.395. The Balaban J connectivity index is 1.77. The summed E-state index contributed by atoms with van der Waals surface area (Å²) in [5.41, 5.74) is 2.00. The van der Waals surface area contributed by atoms with E-state index in [-0.39, 0.29) is 10.9 Å². The van der Waals surface area contributed by atoms with Crippen LogP contribution < -0.4 is 14.8 Å². The van der Waals surface area contributed by atoms with Crippen molar-refractivity contribution in [3.63, 3.8) is 0 Å². The van der Waals surface area contributed by atoms with Gasteiger partial charge in [0.1, 0.15) is 23.4 Å². The number of ether oxygens (including phenoxy) is 2. The summed E-state index contributed by atoms with van der Waals surface area (Å²) in [4.78, 5) is 0. The molecule has 0 amide bonds. The monoisotopic (exact) mass is 439 g/mol. The summed E-state index contributed by atoms with van der Waals surface area (Å²) in [6, 6.07) is 18.2. The van der Waals surface area contributed by atoms with Crippen molar-refractivity contribution in [1.82, 2.24) is 10.2 Å². The highest BCUT2D eigenvalue weighted by Crippen LogP contribution is 2.37. The summed E-state index contributed by atoms with van der Waals surface area (Å²) < 4.78 is 30.4. The standard InChI is InChI=1S/C23H19ClFN3O3/c1-29-16-9-11-19(20(13-16)30-2)26-21(17-10-8-15(25)12-18(17)24)23-28-27-22(31-23)14-6-4-3-5-7-14/h3-13,21,26H,1-2H3/t21-/m0/s1. The molecule has 0 aliphatic carbocycles. The Bertz CT molecular complexity index is 1180. The van der Waals surface area contributed by atoms with Gasteiger partial charge in [0.25, 0.3) is 0 Å². The molecule has 1 atom stereocenters. The molecule has 0 bridgehead atoms. The van der Waals surface area contributed by atoms with Crippen molar-refractivity contribution in [3.05, 3.63) is 89.0 Å². The Morgan fingerprint density at radius 2 is 1.77 bits per heavy atom. The third-order valence-electron chi connectivity index (χ3n) is 4.69. The molecule has 158 valence electrons. The fourth-order valence-corrected chi connectivity index (χ4v) is 3.41. The zero-order valence-corrected chi connectivity index (χ0v) is 17.6. The Kier molecular flexibility index (Phi) is 6.04.